The van der Waals surface area contributed by atoms with E-state index < -0.39 is 21.5 Å². The van der Waals surface area contributed by atoms with Crippen molar-refractivity contribution in [1.82, 2.24) is 10.2 Å². The number of carboxylic acids is 1. The van der Waals surface area contributed by atoms with E-state index >= 15 is 0 Å². The van der Waals surface area contributed by atoms with Crippen LogP contribution < -0.4 is 5.32 Å². The van der Waals surface area contributed by atoms with Gasteiger partial charge in [0.25, 0.3) is 0 Å². The third kappa shape index (κ3) is 6.37. The smallest absolute Gasteiger partial charge is 0.341 e. The van der Waals surface area contributed by atoms with Crippen LogP contribution in [0.4, 0.5) is 4.39 Å². The monoisotopic (exact) mass is 755 g/mol. The second-order valence-electron chi connectivity index (χ2n) is 20.8. The Kier molecular flexibility index (Phi) is 10.2. The molecule has 0 bridgehead atoms. The van der Waals surface area contributed by atoms with E-state index in [9.17, 15) is 22.7 Å². The van der Waals surface area contributed by atoms with E-state index in [0.717, 1.165) is 45.4 Å². The zero-order valence-corrected chi connectivity index (χ0v) is 35.0. The molecule has 9 unspecified atom stereocenters. The number of hydrogen-bond acceptors (Lipinski definition) is 5. The molecule has 7 aliphatic rings. The van der Waals surface area contributed by atoms with Crippen LogP contribution in [0, 0.1) is 51.2 Å². The van der Waals surface area contributed by atoms with Gasteiger partial charge in [-0.25, -0.2) is 17.6 Å². The van der Waals surface area contributed by atoms with Crippen molar-refractivity contribution in [2.75, 3.05) is 32.4 Å². The summed E-state index contributed by atoms with van der Waals surface area (Å²) < 4.78 is 39.1. The van der Waals surface area contributed by atoms with Gasteiger partial charge >= 0.3 is 5.97 Å². The largest absolute Gasteiger partial charge is 0.479 e. The molecule has 6 fully saturated rings. The molecule has 6 nitrogen and oxygen atoms in total. The second-order valence-corrected chi connectivity index (χ2v) is 23.1. The Bertz CT molecular complexity index is 1630. The van der Waals surface area contributed by atoms with Crippen molar-refractivity contribution in [3.63, 3.8) is 0 Å². The molecule has 298 valence electrons. The zero-order valence-electron chi connectivity index (χ0n) is 34.2. The Balaban J connectivity index is 1.09. The molecule has 5 saturated carbocycles. The lowest BCUT2D eigenvalue weighted by atomic mass is 9.33. The van der Waals surface area contributed by atoms with Gasteiger partial charge in [0.2, 0.25) is 5.67 Å². The van der Waals surface area contributed by atoms with Crippen LogP contribution in [0.2, 0.25) is 0 Å². The lowest BCUT2D eigenvalue weighted by molar-refractivity contribution is -0.221. The fraction of sp³-hybridized carbons (Fsp3) is 0.844. The number of likely N-dealkylation sites (tertiary alicyclic amines) is 1. The quantitative estimate of drug-likeness (QED) is 0.240. The number of carbonyl (C=O) groups is 1. The van der Waals surface area contributed by atoms with Crippen LogP contribution in [0.15, 0.2) is 35.5 Å². The highest BCUT2D eigenvalue weighted by Gasteiger charge is 2.70. The van der Waals surface area contributed by atoms with Crippen molar-refractivity contribution in [2.45, 2.75) is 154 Å². The van der Waals surface area contributed by atoms with Crippen molar-refractivity contribution < 1.29 is 22.7 Å². The summed E-state index contributed by atoms with van der Waals surface area (Å²) in [5.74, 6) is 1.79. The predicted octanol–water partition coefficient (Wildman–Crippen LogP) is 9.32. The molecular weight excluding hydrogens is 684 g/mol. The Morgan fingerprint density at radius 1 is 0.943 bits per heavy atom. The van der Waals surface area contributed by atoms with Crippen LogP contribution in [0.5, 0.6) is 0 Å². The first-order valence-corrected chi connectivity index (χ1v) is 23.3. The highest BCUT2D eigenvalue weighted by Crippen LogP contribution is 2.76. The van der Waals surface area contributed by atoms with E-state index in [4.69, 9.17) is 0 Å². The Labute approximate surface area is 321 Å². The highest BCUT2D eigenvalue weighted by molar-refractivity contribution is 7.91. The number of carboxylic acid groups (broad SMARTS) is 1. The number of halogens is 1. The first-order chi connectivity index (χ1) is 24.7. The third-order valence-electron chi connectivity index (χ3n) is 18.2. The zero-order chi connectivity index (χ0) is 38.4. The molecule has 7 rings (SSSR count). The number of hydrogen-bond donors (Lipinski definition) is 2. The lowest BCUT2D eigenvalue weighted by Gasteiger charge is -2.72. The minimum atomic E-state index is -2.96. The van der Waals surface area contributed by atoms with E-state index in [0.29, 0.717) is 42.4 Å². The maximum Gasteiger partial charge on any atom is 0.341 e. The molecule has 9 atom stereocenters. The van der Waals surface area contributed by atoms with Crippen LogP contribution in [0.25, 0.3) is 0 Å². The van der Waals surface area contributed by atoms with Crippen LogP contribution in [0.3, 0.4) is 0 Å². The summed E-state index contributed by atoms with van der Waals surface area (Å²) in [5, 5.41) is 13.5. The van der Waals surface area contributed by atoms with Crippen LogP contribution in [-0.2, 0) is 14.6 Å². The van der Waals surface area contributed by atoms with Gasteiger partial charge in [-0.2, -0.15) is 0 Å². The summed E-state index contributed by atoms with van der Waals surface area (Å²) in [6.45, 7) is 23.6. The number of aliphatic carboxylic acids is 1. The van der Waals surface area contributed by atoms with E-state index in [-0.39, 0.29) is 45.3 Å². The molecule has 0 aromatic carbocycles. The maximum absolute atomic E-state index is 14.9. The molecule has 6 aliphatic carbocycles. The van der Waals surface area contributed by atoms with Gasteiger partial charge in [-0.15, -0.1) is 0 Å². The second kappa shape index (κ2) is 13.6. The van der Waals surface area contributed by atoms with Gasteiger partial charge in [-0.3, -0.25) is 0 Å². The van der Waals surface area contributed by atoms with Crippen LogP contribution >= 0.6 is 0 Å². The molecule has 1 aliphatic heterocycles. The van der Waals surface area contributed by atoms with Gasteiger partial charge in [0, 0.05) is 24.9 Å². The molecular formula is C45H71FN2O4S. The molecule has 8 heteroatoms. The Morgan fingerprint density at radius 2 is 1.62 bits per heavy atom. The number of rotatable bonds is 8. The summed E-state index contributed by atoms with van der Waals surface area (Å²) in [5.41, 5.74) is 2.83. The van der Waals surface area contributed by atoms with E-state index in [1.54, 1.807) is 0 Å². The minimum Gasteiger partial charge on any atom is -0.479 e. The Hall–Kier alpha value is -1.51. The molecule has 0 aromatic rings. The van der Waals surface area contributed by atoms with Crippen molar-refractivity contribution in [1.29, 1.82) is 0 Å². The average Bonchev–Trinajstić information content (AvgIpc) is 3.47. The third-order valence-corrected chi connectivity index (χ3v) is 19.9. The molecule has 0 amide bonds. The molecule has 2 N–H and O–H groups in total. The average molecular weight is 755 g/mol. The minimum absolute atomic E-state index is 0.0122. The van der Waals surface area contributed by atoms with Gasteiger partial charge in [-0.05, 0) is 173 Å². The molecule has 1 saturated heterocycles. The van der Waals surface area contributed by atoms with Gasteiger partial charge < -0.3 is 15.3 Å². The number of sulfone groups is 1. The van der Waals surface area contributed by atoms with Gasteiger partial charge in [0.05, 0.1) is 5.25 Å². The number of nitrogens with one attached hydrogen (secondary N) is 1. The number of nitrogens with zero attached hydrogens (tertiary/aromatic N) is 1. The van der Waals surface area contributed by atoms with Crippen LogP contribution in [-0.4, -0.2) is 73.3 Å². The van der Waals surface area contributed by atoms with E-state index in [2.05, 4.69) is 70.5 Å². The molecule has 0 spiro atoms. The normalized spacial score (nSPS) is 44.6. The number of piperidine rings is 1. The molecule has 53 heavy (non-hydrogen) atoms. The Morgan fingerprint density at radius 3 is 2.25 bits per heavy atom. The summed E-state index contributed by atoms with van der Waals surface area (Å²) in [6, 6.07) is 0. The summed E-state index contributed by atoms with van der Waals surface area (Å²) in [7, 11) is -2.96. The van der Waals surface area contributed by atoms with Crippen molar-refractivity contribution in [2.24, 2.45) is 51.2 Å². The van der Waals surface area contributed by atoms with Crippen molar-refractivity contribution >= 4 is 15.8 Å². The van der Waals surface area contributed by atoms with Gasteiger partial charge in [0.1, 0.15) is 9.84 Å². The first-order valence-electron chi connectivity index (χ1n) is 21.3. The first kappa shape index (κ1) is 39.7. The summed E-state index contributed by atoms with van der Waals surface area (Å²) in [4.78, 5) is 14.0. The summed E-state index contributed by atoms with van der Waals surface area (Å²) >= 11 is 0. The molecule has 1 heterocycles. The van der Waals surface area contributed by atoms with E-state index in [1.807, 2.05) is 0 Å². The number of fused-ring (bicyclic) bond motifs is 7. The number of allylic oxidation sites excluding steroid dienone is 5. The predicted molar refractivity (Wildman–Crippen MR) is 213 cm³/mol. The molecule has 0 aromatic heterocycles. The summed E-state index contributed by atoms with van der Waals surface area (Å²) in [6.07, 6.45) is 20.2. The van der Waals surface area contributed by atoms with Gasteiger partial charge in [-0.1, -0.05) is 64.5 Å². The van der Waals surface area contributed by atoms with Crippen molar-refractivity contribution in [3.8, 4) is 0 Å². The standard InChI is InChI=1S/C45H71FN2O4S/c1-30(2)34-14-22-45(47-25-28-48-26-16-33(17-27-48)53(8,51)52)24-23-42(6)35(38(34)45)9-10-37-41(5)18-13-32(40(3,4)36(41)15-19-43(37,42)7)29-31-11-20-44(46,21-12-31)39(49)50/h13,29,33-38,47H,1,9-12,14-28H2,2-8H3,(H,49,50). The van der Waals surface area contributed by atoms with Crippen molar-refractivity contribution in [3.05, 3.63) is 35.5 Å². The SMILES string of the molecule is C=C(C)C1CCC2(NCCN3CCC(S(C)(=O)=O)CC3)CCC3(C)C(CCC4C5(C)CC=C(C=C6CCC(F)(C(=O)O)CC6)C(C)(C)C5CCC43C)C12. The maximum atomic E-state index is 14.9. The van der Waals surface area contributed by atoms with E-state index in [1.165, 1.54) is 74.3 Å². The number of alkyl halides is 1. The van der Waals surface area contributed by atoms with Gasteiger partial charge in [0.15, 0.2) is 0 Å². The van der Waals surface area contributed by atoms with Crippen LogP contribution in [0.1, 0.15) is 138 Å². The fourth-order valence-electron chi connectivity index (χ4n) is 14.9. The fourth-order valence-corrected chi connectivity index (χ4v) is 16.0. The topological polar surface area (TPSA) is 86.7 Å². The molecule has 0 radical (unpaired) electrons. The lowest BCUT2D eigenvalue weighted by Crippen LogP contribution is -2.68. The highest BCUT2D eigenvalue weighted by atomic mass is 32.2.